The molecular weight excluding hydrogens is 337 g/mol. The summed E-state index contributed by atoms with van der Waals surface area (Å²) in [4.78, 5) is 18.1. The SMILES string of the molecule is CC(C)COc1ncccc1C(=O)N1CCCC(O)(C(F)(F)F)CC1. The first-order chi connectivity index (χ1) is 11.6. The maximum atomic E-state index is 13.0. The highest BCUT2D eigenvalue weighted by Crippen LogP contribution is 2.38. The van der Waals surface area contributed by atoms with Gasteiger partial charge in [-0.1, -0.05) is 13.8 Å². The van der Waals surface area contributed by atoms with Crippen molar-refractivity contribution >= 4 is 5.91 Å². The van der Waals surface area contributed by atoms with Crippen LogP contribution in [0.15, 0.2) is 18.3 Å². The van der Waals surface area contributed by atoms with E-state index >= 15 is 0 Å². The number of rotatable bonds is 4. The van der Waals surface area contributed by atoms with Gasteiger partial charge in [0.1, 0.15) is 5.56 Å². The Kier molecular flexibility index (Phi) is 5.92. The quantitative estimate of drug-likeness (QED) is 0.897. The number of hydrogen-bond donors (Lipinski definition) is 1. The molecule has 0 aliphatic carbocycles. The lowest BCUT2D eigenvalue weighted by atomic mass is 9.94. The van der Waals surface area contributed by atoms with Gasteiger partial charge in [0.15, 0.2) is 5.60 Å². The third-order valence-corrected chi connectivity index (χ3v) is 4.18. The van der Waals surface area contributed by atoms with Gasteiger partial charge in [-0.3, -0.25) is 4.79 Å². The molecule has 1 atom stereocenters. The molecule has 8 heteroatoms. The van der Waals surface area contributed by atoms with Gasteiger partial charge in [0.25, 0.3) is 5.91 Å². The predicted octanol–water partition coefficient (Wildman–Crippen LogP) is 3.04. The Morgan fingerprint density at radius 2 is 2.12 bits per heavy atom. The molecule has 0 saturated carbocycles. The van der Waals surface area contributed by atoms with Crippen molar-refractivity contribution in [1.82, 2.24) is 9.88 Å². The Morgan fingerprint density at radius 1 is 1.40 bits per heavy atom. The number of ether oxygens (including phenoxy) is 1. The van der Waals surface area contributed by atoms with Crippen LogP contribution in [0.4, 0.5) is 13.2 Å². The van der Waals surface area contributed by atoms with Crippen LogP contribution in [-0.2, 0) is 0 Å². The fraction of sp³-hybridized carbons (Fsp3) is 0.647. The molecule has 25 heavy (non-hydrogen) atoms. The normalized spacial score (nSPS) is 22.0. The average Bonchev–Trinajstić information content (AvgIpc) is 2.75. The Morgan fingerprint density at radius 3 is 2.76 bits per heavy atom. The summed E-state index contributed by atoms with van der Waals surface area (Å²) < 4.78 is 44.6. The van der Waals surface area contributed by atoms with Crippen molar-refractivity contribution in [3.05, 3.63) is 23.9 Å². The van der Waals surface area contributed by atoms with E-state index in [4.69, 9.17) is 4.74 Å². The number of amides is 1. The molecule has 1 fully saturated rings. The summed E-state index contributed by atoms with van der Waals surface area (Å²) in [5, 5.41) is 9.86. The number of likely N-dealkylation sites (tertiary alicyclic amines) is 1. The van der Waals surface area contributed by atoms with Crippen LogP contribution in [0.2, 0.25) is 0 Å². The number of halogens is 3. The standard InChI is InChI=1S/C17H23F3N2O3/c1-12(2)11-25-14-13(5-3-8-21-14)15(23)22-9-4-6-16(24,7-10-22)17(18,19)20/h3,5,8,12,24H,4,6-7,9-11H2,1-2H3. The number of aromatic nitrogens is 1. The lowest BCUT2D eigenvalue weighted by Crippen LogP contribution is -2.46. The maximum absolute atomic E-state index is 13.0. The largest absolute Gasteiger partial charge is 0.477 e. The molecule has 0 bridgehead atoms. The first-order valence-corrected chi connectivity index (χ1v) is 8.30. The third kappa shape index (κ3) is 4.62. The van der Waals surface area contributed by atoms with E-state index in [0.29, 0.717) is 6.61 Å². The number of carbonyl (C=O) groups is 1. The highest BCUT2D eigenvalue weighted by Gasteiger charge is 2.53. The second-order valence-corrected chi connectivity index (χ2v) is 6.74. The fourth-order valence-corrected chi connectivity index (χ4v) is 2.69. The van der Waals surface area contributed by atoms with Gasteiger partial charge in [0.2, 0.25) is 5.88 Å². The smallest absolute Gasteiger partial charge is 0.417 e. The zero-order chi connectivity index (χ0) is 18.7. The van der Waals surface area contributed by atoms with E-state index < -0.39 is 30.5 Å². The van der Waals surface area contributed by atoms with Crippen molar-refractivity contribution in [3.8, 4) is 5.88 Å². The number of aliphatic hydroxyl groups is 1. The van der Waals surface area contributed by atoms with Gasteiger partial charge in [0, 0.05) is 25.7 Å². The second kappa shape index (κ2) is 7.59. The summed E-state index contributed by atoms with van der Waals surface area (Å²) in [6.45, 7) is 4.27. The van der Waals surface area contributed by atoms with Crippen molar-refractivity contribution < 1.29 is 27.8 Å². The van der Waals surface area contributed by atoms with Crippen molar-refractivity contribution in [2.75, 3.05) is 19.7 Å². The molecule has 0 spiro atoms. The van der Waals surface area contributed by atoms with Crippen LogP contribution < -0.4 is 4.74 Å². The first-order valence-electron chi connectivity index (χ1n) is 8.30. The van der Waals surface area contributed by atoms with E-state index in [9.17, 15) is 23.1 Å². The summed E-state index contributed by atoms with van der Waals surface area (Å²) in [5.41, 5.74) is -2.52. The summed E-state index contributed by atoms with van der Waals surface area (Å²) in [7, 11) is 0. The molecule has 0 aromatic carbocycles. The van der Waals surface area contributed by atoms with E-state index in [1.54, 1.807) is 12.1 Å². The molecule has 1 aliphatic rings. The van der Waals surface area contributed by atoms with Gasteiger partial charge in [0.05, 0.1) is 6.61 Å². The summed E-state index contributed by atoms with van der Waals surface area (Å²) in [5.74, 6) is -0.0141. The van der Waals surface area contributed by atoms with Gasteiger partial charge < -0.3 is 14.7 Å². The molecule has 1 aliphatic heterocycles. The van der Waals surface area contributed by atoms with Crippen LogP contribution in [0.5, 0.6) is 5.88 Å². The van der Waals surface area contributed by atoms with Crippen LogP contribution in [0.1, 0.15) is 43.5 Å². The van der Waals surface area contributed by atoms with Crippen LogP contribution in [0, 0.1) is 5.92 Å². The van der Waals surface area contributed by atoms with Gasteiger partial charge in [-0.15, -0.1) is 0 Å². The number of hydrogen-bond acceptors (Lipinski definition) is 4. The van der Waals surface area contributed by atoms with Gasteiger partial charge >= 0.3 is 6.18 Å². The molecule has 2 heterocycles. The van der Waals surface area contributed by atoms with Crippen molar-refractivity contribution in [2.45, 2.75) is 44.9 Å². The zero-order valence-corrected chi connectivity index (χ0v) is 14.3. The van der Waals surface area contributed by atoms with Crippen LogP contribution in [0.3, 0.4) is 0 Å². The molecule has 140 valence electrons. The third-order valence-electron chi connectivity index (χ3n) is 4.18. The average molecular weight is 360 g/mol. The Bertz CT molecular complexity index is 607. The lowest BCUT2D eigenvalue weighted by Gasteiger charge is -2.29. The summed E-state index contributed by atoms with van der Waals surface area (Å²) in [6, 6.07) is 3.13. The van der Waals surface area contributed by atoms with Crippen molar-refractivity contribution in [2.24, 2.45) is 5.92 Å². The van der Waals surface area contributed by atoms with Crippen LogP contribution in [0.25, 0.3) is 0 Å². The molecule has 1 saturated heterocycles. The molecule has 1 aromatic rings. The minimum atomic E-state index is -4.70. The van der Waals surface area contributed by atoms with Crippen molar-refractivity contribution in [1.29, 1.82) is 0 Å². The van der Waals surface area contributed by atoms with Gasteiger partial charge in [-0.25, -0.2) is 4.98 Å². The minimum absolute atomic E-state index is 0.0736. The molecular formula is C17H23F3N2O3. The van der Waals surface area contributed by atoms with E-state index in [1.165, 1.54) is 11.1 Å². The monoisotopic (exact) mass is 360 g/mol. The molecule has 5 nitrogen and oxygen atoms in total. The van der Waals surface area contributed by atoms with Crippen molar-refractivity contribution in [3.63, 3.8) is 0 Å². The predicted molar refractivity (Wildman–Crippen MR) is 85.3 cm³/mol. The highest BCUT2D eigenvalue weighted by atomic mass is 19.4. The highest BCUT2D eigenvalue weighted by molar-refractivity contribution is 5.96. The molecule has 1 amide bonds. The molecule has 2 rings (SSSR count). The fourth-order valence-electron chi connectivity index (χ4n) is 2.69. The zero-order valence-electron chi connectivity index (χ0n) is 14.3. The summed E-state index contributed by atoms with van der Waals surface area (Å²) in [6.07, 6.45) is -4.08. The van der Waals surface area contributed by atoms with E-state index in [-0.39, 0.29) is 36.9 Å². The Hall–Kier alpha value is -1.83. The Balaban J connectivity index is 2.14. The maximum Gasteiger partial charge on any atom is 0.417 e. The number of pyridine rings is 1. The number of nitrogens with zero attached hydrogens (tertiary/aromatic N) is 2. The summed E-state index contributed by atoms with van der Waals surface area (Å²) >= 11 is 0. The van der Waals surface area contributed by atoms with E-state index in [0.717, 1.165) is 0 Å². The molecule has 1 N–H and O–H groups in total. The molecule has 0 radical (unpaired) electrons. The van der Waals surface area contributed by atoms with Crippen LogP contribution >= 0.6 is 0 Å². The number of carbonyl (C=O) groups excluding carboxylic acids is 1. The molecule has 1 aromatic heterocycles. The molecule has 1 unspecified atom stereocenters. The lowest BCUT2D eigenvalue weighted by molar-refractivity contribution is -0.263. The Labute approximate surface area is 144 Å². The van der Waals surface area contributed by atoms with Crippen LogP contribution in [-0.4, -0.2) is 52.4 Å². The van der Waals surface area contributed by atoms with Gasteiger partial charge in [-0.05, 0) is 30.9 Å². The van der Waals surface area contributed by atoms with E-state index in [2.05, 4.69) is 4.98 Å². The first kappa shape index (κ1) is 19.5. The second-order valence-electron chi connectivity index (χ2n) is 6.74. The van der Waals surface area contributed by atoms with E-state index in [1.807, 2.05) is 13.8 Å². The minimum Gasteiger partial charge on any atom is -0.477 e. The number of alkyl halides is 3. The van der Waals surface area contributed by atoms with Gasteiger partial charge in [-0.2, -0.15) is 13.2 Å². The topological polar surface area (TPSA) is 62.7 Å².